The summed E-state index contributed by atoms with van der Waals surface area (Å²) in [5.41, 5.74) is 0.963. The summed E-state index contributed by atoms with van der Waals surface area (Å²) in [7, 11) is 0. The summed E-state index contributed by atoms with van der Waals surface area (Å²) in [6.45, 7) is 3.99. The van der Waals surface area contributed by atoms with Crippen LogP contribution in [0.25, 0.3) is 0 Å². The van der Waals surface area contributed by atoms with Gasteiger partial charge in [-0.25, -0.2) is 0 Å². The molecule has 92 valence electrons. The minimum absolute atomic E-state index is 0.0756. The molecule has 1 rings (SSSR count). The average molecular weight is 225 g/mol. The van der Waals surface area contributed by atoms with Gasteiger partial charge in [-0.15, -0.1) is 0 Å². The predicted molar refractivity (Wildman–Crippen MR) is 65.1 cm³/mol. The van der Waals surface area contributed by atoms with Crippen molar-refractivity contribution in [1.82, 2.24) is 5.32 Å². The van der Waals surface area contributed by atoms with Crippen molar-refractivity contribution in [2.24, 2.45) is 0 Å². The lowest BCUT2D eigenvalue weighted by molar-refractivity contribution is -0.122. The zero-order valence-electron chi connectivity index (χ0n) is 10.4. The molecule has 0 saturated heterocycles. The number of aliphatic hydroxyl groups is 1. The summed E-state index contributed by atoms with van der Waals surface area (Å²) >= 11 is 0. The van der Waals surface area contributed by atoms with E-state index in [1.54, 1.807) is 0 Å². The quantitative estimate of drug-likeness (QED) is 0.704. The van der Waals surface area contributed by atoms with Crippen LogP contribution in [0.15, 0.2) is 11.6 Å². The molecule has 0 unspecified atom stereocenters. The van der Waals surface area contributed by atoms with Crippen molar-refractivity contribution in [3.05, 3.63) is 11.6 Å². The number of amides is 1. The molecule has 2 N–H and O–H groups in total. The van der Waals surface area contributed by atoms with E-state index in [0.29, 0.717) is 12.8 Å². The number of aliphatic hydroxyl groups excluding tert-OH is 1. The lowest BCUT2D eigenvalue weighted by Gasteiger charge is -2.26. The molecule has 16 heavy (non-hydrogen) atoms. The van der Waals surface area contributed by atoms with Crippen LogP contribution in [-0.4, -0.2) is 23.2 Å². The van der Waals surface area contributed by atoms with E-state index >= 15 is 0 Å². The first-order valence-corrected chi connectivity index (χ1v) is 6.13. The monoisotopic (exact) mass is 225 g/mol. The van der Waals surface area contributed by atoms with E-state index in [4.69, 9.17) is 5.11 Å². The van der Waals surface area contributed by atoms with Crippen molar-refractivity contribution in [2.75, 3.05) is 6.61 Å². The summed E-state index contributed by atoms with van der Waals surface area (Å²) in [6, 6.07) is 0. The Morgan fingerprint density at radius 3 is 2.81 bits per heavy atom. The maximum atomic E-state index is 11.8. The van der Waals surface area contributed by atoms with Crippen molar-refractivity contribution >= 4 is 5.91 Å². The Labute approximate surface area is 97.9 Å². The molecule has 0 radical (unpaired) electrons. The van der Waals surface area contributed by atoms with Crippen molar-refractivity contribution in [3.63, 3.8) is 0 Å². The van der Waals surface area contributed by atoms with Crippen LogP contribution >= 0.6 is 0 Å². The minimum atomic E-state index is -0.305. The molecule has 0 fully saturated rings. The van der Waals surface area contributed by atoms with E-state index in [1.165, 1.54) is 18.4 Å². The third-order valence-electron chi connectivity index (χ3n) is 2.99. The maximum Gasteiger partial charge on any atom is 0.224 e. The molecule has 0 saturated carbocycles. The molecule has 0 aromatic rings. The summed E-state index contributed by atoms with van der Waals surface area (Å²) in [5.74, 6) is 0.0756. The first kappa shape index (κ1) is 13.2. The Morgan fingerprint density at radius 2 is 2.25 bits per heavy atom. The van der Waals surface area contributed by atoms with Crippen molar-refractivity contribution in [1.29, 1.82) is 0 Å². The van der Waals surface area contributed by atoms with Crippen molar-refractivity contribution < 1.29 is 9.90 Å². The number of carbonyl (C=O) groups excluding carboxylic acids is 1. The molecule has 3 nitrogen and oxygen atoms in total. The minimum Gasteiger partial charge on any atom is -0.396 e. The fraction of sp³-hybridized carbons (Fsp3) is 0.769. The highest BCUT2D eigenvalue weighted by molar-refractivity contribution is 5.79. The first-order valence-electron chi connectivity index (χ1n) is 6.13. The topological polar surface area (TPSA) is 49.3 Å². The number of carbonyl (C=O) groups is 1. The van der Waals surface area contributed by atoms with Crippen LogP contribution in [0.3, 0.4) is 0 Å². The zero-order valence-corrected chi connectivity index (χ0v) is 10.4. The van der Waals surface area contributed by atoms with Gasteiger partial charge in [-0.3, -0.25) is 4.79 Å². The van der Waals surface area contributed by atoms with Crippen molar-refractivity contribution in [3.8, 4) is 0 Å². The second-order valence-corrected chi connectivity index (χ2v) is 5.19. The van der Waals surface area contributed by atoms with Crippen LogP contribution in [0.1, 0.15) is 52.4 Å². The number of hydrogen-bond acceptors (Lipinski definition) is 2. The van der Waals surface area contributed by atoms with Gasteiger partial charge in [0.15, 0.2) is 0 Å². The van der Waals surface area contributed by atoms with Crippen LogP contribution in [0, 0.1) is 0 Å². The van der Waals surface area contributed by atoms with Gasteiger partial charge in [0.1, 0.15) is 0 Å². The highest BCUT2D eigenvalue weighted by Crippen LogP contribution is 2.20. The van der Waals surface area contributed by atoms with Gasteiger partial charge < -0.3 is 10.4 Å². The van der Waals surface area contributed by atoms with Gasteiger partial charge in [-0.05, 0) is 46.0 Å². The van der Waals surface area contributed by atoms with Crippen LogP contribution in [-0.2, 0) is 4.79 Å². The lowest BCUT2D eigenvalue weighted by Crippen LogP contribution is -2.44. The number of nitrogens with one attached hydrogen (secondary N) is 1. The summed E-state index contributed by atoms with van der Waals surface area (Å²) < 4.78 is 0. The summed E-state index contributed by atoms with van der Waals surface area (Å²) in [4.78, 5) is 11.8. The zero-order chi connectivity index (χ0) is 12.0. The van der Waals surface area contributed by atoms with Crippen molar-refractivity contribution in [2.45, 2.75) is 57.9 Å². The van der Waals surface area contributed by atoms with Gasteiger partial charge in [-0.2, -0.15) is 0 Å². The Morgan fingerprint density at radius 1 is 1.50 bits per heavy atom. The Kier molecular flexibility index (Phi) is 5.00. The van der Waals surface area contributed by atoms with Crippen LogP contribution in [0.4, 0.5) is 0 Å². The normalized spacial score (nSPS) is 16.8. The van der Waals surface area contributed by atoms with Gasteiger partial charge in [0.25, 0.3) is 0 Å². The highest BCUT2D eigenvalue weighted by atomic mass is 16.3. The van der Waals surface area contributed by atoms with Crippen LogP contribution in [0.5, 0.6) is 0 Å². The molecule has 0 heterocycles. The molecular formula is C13H23NO2. The molecule has 1 amide bonds. The fourth-order valence-corrected chi connectivity index (χ4v) is 2.04. The third-order valence-corrected chi connectivity index (χ3v) is 2.99. The third kappa shape index (κ3) is 4.79. The van der Waals surface area contributed by atoms with E-state index < -0.39 is 0 Å². The van der Waals surface area contributed by atoms with Gasteiger partial charge in [0, 0.05) is 18.6 Å². The Hall–Kier alpha value is -0.830. The largest absolute Gasteiger partial charge is 0.396 e. The molecule has 0 aromatic carbocycles. The predicted octanol–water partition coefficient (Wildman–Crippen LogP) is 2.15. The molecular weight excluding hydrogens is 202 g/mol. The Balaban J connectivity index is 2.37. The number of allylic oxidation sites excluding steroid dienone is 1. The standard InChI is InChI=1S/C13H23NO2/c1-13(2,8-9-15)14-12(16)10-11-6-4-3-5-7-11/h6,15H,3-5,7-10H2,1-2H3,(H,14,16). The smallest absolute Gasteiger partial charge is 0.224 e. The van der Waals surface area contributed by atoms with E-state index in [9.17, 15) is 4.79 Å². The second kappa shape index (κ2) is 6.04. The Bertz CT molecular complexity index is 269. The number of rotatable bonds is 5. The van der Waals surface area contributed by atoms with Crippen LogP contribution < -0.4 is 5.32 Å². The molecule has 0 aromatic heterocycles. The highest BCUT2D eigenvalue weighted by Gasteiger charge is 2.20. The van der Waals surface area contributed by atoms with Gasteiger partial charge >= 0.3 is 0 Å². The van der Waals surface area contributed by atoms with E-state index in [-0.39, 0.29) is 18.1 Å². The molecule has 0 spiro atoms. The summed E-state index contributed by atoms with van der Waals surface area (Å²) in [6.07, 6.45) is 7.95. The molecule has 0 atom stereocenters. The molecule has 0 aliphatic heterocycles. The lowest BCUT2D eigenvalue weighted by atomic mass is 9.96. The van der Waals surface area contributed by atoms with Gasteiger partial charge in [-0.1, -0.05) is 11.6 Å². The summed E-state index contributed by atoms with van der Waals surface area (Å²) in [5, 5.41) is 11.8. The van der Waals surface area contributed by atoms with E-state index in [0.717, 1.165) is 12.8 Å². The van der Waals surface area contributed by atoms with Gasteiger partial charge in [0.05, 0.1) is 0 Å². The molecule has 3 heteroatoms. The van der Waals surface area contributed by atoms with E-state index in [2.05, 4.69) is 11.4 Å². The fourth-order valence-electron chi connectivity index (χ4n) is 2.04. The van der Waals surface area contributed by atoms with E-state index in [1.807, 2.05) is 13.8 Å². The molecule has 1 aliphatic rings. The molecule has 0 bridgehead atoms. The maximum absolute atomic E-state index is 11.8. The van der Waals surface area contributed by atoms with Gasteiger partial charge in [0.2, 0.25) is 5.91 Å². The van der Waals surface area contributed by atoms with Crippen LogP contribution in [0.2, 0.25) is 0 Å². The SMILES string of the molecule is CC(C)(CCO)NC(=O)CC1=CCCCC1. The number of hydrogen-bond donors (Lipinski definition) is 2. The second-order valence-electron chi connectivity index (χ2n) is 5.19. The first-order chi connectivity index (χ1) is 7.53. The molecule has 1 aliphatic carbocycles. The average Bonchev–Trinajstić information content (AvgIpc) is 2.17.